The van der Waals surface area contributed by atoms with Gasteiger partial charge >= 0.3 is 0 Å². The minimum absolute atomic E-state index is 0.675. The second-order valence-corrected chi connectivity index (χ2v) is 4.75. The van der Waals surface area contributed by atoms with Gasteiger partial charge in [0.05, 0.1) is 0 Å². The smallest absolute Gasteiger partial charge is 0.209 e. The first-order valence-electron chi connectivity index (χ1n) is 5.32. The summed E-state index contributed by atoms with van der Waals surface area (Å²) in [7, 11) is 0. The summed E-state index contributed by atoms with van der Waals surface area (Å²) in [6, 6.07) is 0. The second kappa shape index (κ2) is 4.64. The molecule has 0 saturated carbocycles. The van der Waals surface area contributed by atoms with Crippen LogP contribution in [-0.2, 0) is 4.79 Å². The summed E-state index contributed by atoms with van der Waals surface area (Å²) in [6.45, 7) is 8.66. The summed E-state index contributed by atoms with van der Waals surface area (Å²) >= 11 is 0. The number of hydrogen-bond donors (Lipinski definition) is 0. The topological polar surface area (TPSA) is 20.3 Å². The SMILES string of the molecule is CC1CCC(C(C)C)CN(C=O)C1. The highest BCUT2D eigenvalue weighted by Gasteiger charge is 2.22. The number of hydrogen-bond acceptors (Lipinski definition) is 1. The molecule has 0 aromatic heterocycles. The number of rotatable bonds is 2. The zero-order valence-electron chi connectivity index (χ0n) is 8.99. The van der Waals surface area contributed by atoms with Crippen molar-refractivity contribution in [1.82, 2.24) is 4.90 Å². The molecular weight excluding hydrogens is 162 g/mol. The van der Waals surface area contributed by atoms with E-state index < -0.39 is 0 Å². The summed E-state index contributed by atoms with van der Waals surface area (Å²) in [5.41, 5.74) is 0. The molecule has 1 aliphatic heterocycles. The van der Waals surface area contributed by atoms with Crippen LogP contribution in [0.15, 0.2) is 0 Å². The lowest BCUT2D eigenvalue weighted by Crippen LogP contribution is -2.30. The van der Waals surface area contributed by atoms with Crippen LogP contribution in [0.3, 0.4) is 0 Å². The first-order chi connectivity index (χ1) is 6.13. The van der Waals surface area contributed by atoms with Crippen molar-refractivity contribution in [3.63, 3.8) is 0 Å². The minimum Gasteiger partial charge on any atom is -0.345 e. The van der Waals surface area contributed by atoms with E-state index in [1.807, 2.05) is 4.90 Å². The molecule has 0 aliphatic carbocycles. The van der Waals surface area contributed by atoms with E-state index in [1.54, 1.807) is 0 Å². The van der Waals surface area contributed by atoms with Crippen molar-refractivity contribution < 1.29 is 4.79 Å². The minimum atomic E-state index is 0.675. The fourth-order valence-corrected chi connectivity index (χ4v) is 2.09. The Morgan fingerprint density at radius 3 is 2.54 bits per heavy atom. The maximum absolute atomic E-state index is 10.8. The molecular formula is C11H21NO. The summed E-state index contributed by atoms with van der Waals surface area (Å²) < 4.78 is 0. The van der Waals surface area contributed by atoms with Crippen molar-refractivity contribution in [2.45, 2.75) is 33.6 Å². The van der Waals surface area contributed by atoms with E-state index in [-0.39, 0.29) is 0 Å². The van der Waals surface area contributed by atoms with E-state index in [0.29, 0.717) is 17.8 Å². The molecule has 1 amide bonds. The Balaban J connectivity index is 2.55. The lowest BCUT2D eigenvalue weighted by atomic mass is 9.90. The van der Waals surface area contributed by atoms with Gasteiger partial charge in [0.15, 0.2) is 0 Å². The van der Waals surface area contributed by atoms with Gasteiger partial charge in [-0.15, -0.1) is 0 Å². The Labute approximate surface area is 81.3 Å². The van der Waals surface area contributed by atoms with Crippen molar-refractivity contribution >= 4 is 6.41 Å². The number of amides is 1. The van der Waals surface area contributed by atoms with Crippen molar-refractivity contribution in [2.75, 3.05) is 13.1 Å². The molecule has 0 N–H and O–H groups in total. The summed E-state index contributed by atoms with van der Waals surface area (Å²) in [5.74, 6) is 2.08. The number of likely N-dealkylation sites (tertiary alicyclic amines) is 1. The molecule has 2 nitrogen and oxygen atoms in total. The molecule has 0 bridgehead atoms. The lowest BCUT2D eigenvalue weighted by molar-refractivity contribution is -0.119. The maximum atomic E-state index is 10.8. The molecule has 1 saturated heterocycles. The summed E-state index contributed by atoms with van der Waals surface area (Å²) in [4.78, 5) is 12.7. The summed E-state index contributed by atoms with van der Waals surface area (Å²) in [6.07, 6.45) is 3.56. The first kappa shape index (κ1) is 10.6. The Bertz CT molecular complexity index is 167. The predicted molar refractivity (Wildman–Crippen MR) is 54.4 cm³/mol. The molecule has 1 heterocycles. The van der Waals surface area contributed by atoms with Crippen molar-refractivity contribution in [1.29, 1.82) is 0 Å². The van der Waals surface area contributed by atoms with Gasteiger partial charge in [-0.1, -0.05) is 20.8 Å². The average Bonchev–Trinajstić information content (AvgIpc) is 2.26. The second-order valence-electron chi connectivity index (χ2n) is 4.75. The quantitative estimate of drug-likeness (QED) is 0.601. The monoisotopic (exact) mass is 183 g/mol. The third-order valence-electron chi connectivity index (χ3n) is 3.14. The van der Waals surface area contributed by atoms with Crippen LogP contribution in [0.4, 0.5) is 0 Å². The van der Waals surface area contributed by atoms with Crippen molar-refractivity contribution in [3.05, 3.63) is 0 Å². The fraction of sp³-hybridized carbons (Fsp3) is 0.909. The number of nitrogens with zero attached hydrogens (tertiary/aromatic N) is 1. The van der Waals surface area contributed by atoms with Gasteiger partial charge < -0.3 is 4.90 Å². The van der Waals surface area contributed by atoms with E-state index in [9.17, 15) is 4.79 Å². The molecule has 13 heavy (non-hydrogen) atoms. The van der Waals surface area contributed by atoms with E-state index in [1.165, 1.54) is 12.8 Å². The van der Waals surface area contributed by atoms with Gasteiger partial charge in [-0.2, -0.15) is 0 Å². The first-order valence-corrected chi connectivity index (χ1v) is 5.32. The third-order valence-corrected chi connectivity index (χ3v) is 3.14. The highest BCUT2D eigenvalue weighted by molar-refractivity contribution is 5.47. The van der Waals surface area contributed by atoms with Gasteiger partial charge in [-0.3, -0.25) is 4.79 Å². The van der Waals surface area contributed by atoms with Crippen LogP contribution in [-0.4, -0.2) is 24.4 Å². The molecule has 0 aromatic carbocycles. The van der Waals surface area contributed by atoms with Gasteiger partial charge in [0.1, 0.15) is 0 Å². The molecule has 2 heteroatoms. The Hall–Kier alpha value is -0.530. The van der Waals surface area contributed by atoms with Gasteiger partial charge in [0.25, 0.3) is 0 Å². The van der Waals surface area contributed by atoms with E-state index in [4.69, 9.17) is 0 Å². The zero-order valence-corrected chi connectivity index (χ0v) is 8.99. The fourth-order valence-electron chi connectivity index (χ4n) is 2.09. The largest absolute Gasteiger partial charge is 0.345 e. The number of carbonyl (C=O) groups excluding carboxylic acids is 1. The summed E-state index contributed by atoms with van der Waals surface area (Å²) in [5, 5.41) is 0. The normalized spacial score (nSPS) is 30.3. The van der Waals surface area contributed by atoms with Crippen LogP contribution in [0.2, 0.25) is 0 Å². The van der Waals surface area contributed by atoms with Crippen LogP contribution < -0.4 is 0 Å². The van der Waals surface area contributed by atoms with E-state index >= 15 is 0 Å². The standard InChI is InChI=1S/C11H21NO/c1-9(2)11-5-4-10(3)6-12(7-11)8-13/h8-11H,4-7H2,1-3H3. The molecule has 1 fully saturated rings. The van der Waals surface area contributed by atoms with Gasteiger partial charge in [-0.25, -0.2) is 0 Å². The molecule has 76 valence electrons. The molecule has 0 radical (unpaired) electrons. The van der Waals surface area contributed by atoms with E-state index in [2.05, 4.69) is 20.8 Å². The number of carbonyl (C=O) groups is 1. The average molecular weight is 183 g/mol. The van der Waals surface area contributed by atoms with Crippen LogP contribution in [0, 0.1) is 17.8 Å². The molecule has 1 rings (SSSR count). The van der Waals surface area contributed by atoms with Gasteiger partial charge in [0, 0.05) is 13.1 Å². The molecule has 2 unspecified atom stereocenters. The van der Waals surface area contributed by atoms with E-state index in [0.717, 1.165) is 19.5 Å². The Morgan fingerprint density at radius 2 is 2.00 bits per heavy atom. The zero-order chi connectivity index (χ0) is 9.84. The molecule has 1 aliphatic rings. The Morgan fingerprint density at radius 1 is 1.31 bits per heavy atom. The van der Waals surface area contributed by atoms with Crippen LogP contribution >= 0.6 is 0 Å². The van der Waals surface area contributed by atoms with Crippen molar-refractivity contribution in [3.8, 4) is 0 Å². The lowest BCUT2D eigenvalue weighted by Gasteiger charge is -2.23. The highest BCUT2D eigenvalue weighted by atomic mass is 16.1. The highest BCUT2D eigenvalue weighted by Crippen LogP contribution is 2.24. The third kappa shape index (κ3) is 3.02. The maximum Gasteiger partial charge on any atom is 0.209 e. The van der Waals surface area contributed by atoms with Crippen LogP contribution in [0.1, 0.15) is 33.6 Å². The Kier molecular flexibility index (Phi) is 3.76. The molecule has 0 aromatic rings. The van der Waals surface area contributed by atoms with Crippen LogP contribution in [0.25, 0.3) is 0 Å². The van der Waals surface area contributed by atoms with Gasteiger partial charge in [0.2, 0.25) is 6.41 Å². The van der Waals surface area contributed by atoms with Crippen LogP contribution in [0.5, 0.6) is 0 Å². The van der Waals surface area contributed by atoms with Gasteiger partial charge in [-0.05, 0) is 30.6 Å². The predicted octanol–water partition coefficient (Wildman–Crippen LogP) is 2.15. The molecule has 0 spiro atoms. The molecule has 2 atom stereocenters. The van der Waals surface area contributed by atoms with Crippen molar-refractivity contribution in [2.24, 2.45) is 17.8 Å².